The Bertz CT molecular complexity index is 702. The van der Waals surface area contributed by atoms with Gasteiger partial charge >= 0.3 is 6.55 Å². The molecule has 3 rings (SSSR count). The van der Waals surface area contributed by atoms with Crippen LogP contribution in [0.2, 0.25) is 0 Å². The van der Waals surface area contributed by atoms with E-state index in [9.17, 15) is 13.6 Å². The Balaban J connectivity index is 1.76. The van der Waals surface area contributed by atoms with Gasteiger partial charge in [0, 0.05) is 25.0 Å². The van der Waals surface area contributed by atoms with Gasteiger partial charge in [-0.05, 0) is 18.2 Å². The van der Waals surface area contributed by atoms with Crippen LogP contribution in [-0.4, -0.2) is 34.2 Å². The second-order valence-corrected chi connectivity index (χ2v) is 4.76. The Kier molecular flexibility index (Phi) is 3.66. The number of carbonyl (C=O) groups is 1. The van der Waals surface area contributed by atoms with Gasteiger partial charge in [0.05, 0.1) is 6.54 Å². The second kappa shape index (κ2) is 5.63. The fourth-order valence-corrected chi connectivity index (χ4v) is 2.18. The van der Waals surface area contributed by atoms with Crippen molar-refractivity contribution < 1.29 is 23.0 Å². The lowest BCUT2D eigenvalue weighted by Crippen LogP contribution is -2.27. The summed E-state index contributed by atoms with van der Waals surface area (Å²) in [5, 5.41) is 0. The number of hydrogen-bond donors (Lipinski definition) is 0. The number of benzene rings is 1. The average Bonchev–Trinajstić information content (AvgIpc) is 3.13. The van der Waals surface area contributed by atoms with Crippen molar-refractivity contribution in [1.29, 1.82) is 0 Å². The molecule has 0 aliphatic carbocycles. The van der Waals surface area contributed by atoms with E-state index in [1.54, 1.807) is 18.2 Å². The summed E-state index contributed by atoms with van der Waals surface area (Å²) in [6.45, 7) is -2.59. The Hall–Kier alpha value is -2.64. The number of hydrogen-bond acceptors (Lipinski definition) is 4. The zero-order valence-electron chi connectivity index (χ0n) is 11.7. The van der Waals surface area contributed by atoms with E-state index >= 15 is 0 Å². The highest BCUT2D eigenvalue weighted by Crippen LogP contribution is 2.32. The molecule has 1 aromatic carbocycles. The third-order valence-electron chi connectivity index (χ3n) is 3.30. The van der Waals surface area contributed by atoms with E-state index in [0.29, 0.717) is 17.1 Å². The van der Waals surface area contributed by atoms with Gasteiger partial charge in [0.1, 0.15) is 5.82 Å². The number of fused-ring (bicyclic) bond motifs is 1. The lowest BCUT2D eigenvalue weighted by Gasteiger charge is -2.17. The molecule has 1 aliphatic rings. The zero-order chi connectivity index (χ0) is 15.7. The Labute approximate surface area is 124 Å². The van der Waals surface area contributed by atoms with Crippen molar-refractivity contribution in [2.75, 3.05) is 13.8 Å². The molecule has 1 amide bonds. The summed E-state index contributed by atoms with van der Waals surface area (Å²) < 4.78 is 36.7. The summed E-state index contributed by atoms with van der Waals surface area (Å²) in [5.41, 5.74) is 0.391. The molecular formula is C14H13F2N3O3. The van der Waals surface area contributed by atoms with Crippen LogP contribution in [-0.2, 0) is 6.54 Å². The summed E-state index contributed by atoms with van der Waals surface area (Å²) in [4.78, 5) is 17.5. The van der Waals surface area contributed by atoms with Crippen LogP contribution in [0, 0.1) is 0 Å². The molecular weight excluding hydrogens is 296 g/mol. The van der Waals surface area contributed by atoms with Crippen molar-refractivity contribution in [3.63, 3.8) is 0 Å². The maximum absolute atomic E-state index is 12.8. The quantitative estimate of drug-likeness (QED) is 0.869. The number of halogens is 2. The van der Waals surface area contributed by atoms with Gasteiger partial charge in [-0.2, -0.15) is 8.78 Å². The second-order valence-electron chi connectivity index (χ2n) is 4.76. The first-order valence-corrected chi connectivity index (χ1v) is 6.51. The van der Waals surface area contributed by atoms with Crippen molar-refractivity contribution in [3.05, 3.63) is 42.0 Å². The number of alkyl halides is 2. The topological polar surface area (TPSA) is 56.6 Å². The standard InChI is InChI=1S/C14H13F2N3O3/c1-18(7-12-17-4-5-19(12)14(15)16)13(20)9-2-3-10-11(6-9)22-8-21-10/h2-6,14H,7-8H2,1H3. The summed E-state index contributed by atoms with van der Waals surface area (Å²) in [6, 6.07) is 4.82. The number of aromatic nitrogens is 2. The van der Waals surface area contributed by atoms with Gasteiger partial charge in [-0.3, -0.25) is 9.36 Å². The fraction of sp³-hybridized carbons (Fsp3) is 0.286. The SMILES string of the molecule is CN(Cc1nccn1C(F)F)C(=O)c1ccc2c(c1)OCO2. The van der Waals surface area contributed by atoms with Gasteiger partial charge in [-0.15, -0.1) is 0 Å². The first kappa shape index (κ1) is 14.3. The van der Waals surface area contributed by atoms with Crippen LogP contribution in [0.25, 0.3) is 0 Å². The normalized spacial score (nSPS) is 12.7. The van der Waals surface area contributed by atoms with Crippen molar-refractivity contribution in [2.24, 2.45) is 0 Å². The average molecular weight is 309 g/mol. The van der Waals surface area contributed by atoms with E-state index in [1.807, 2.05) is 0 Å². The molecule has 116 valence electrons. The Morgan fingerprint density at radius 2 is 2.18 bits per heavy atom. The lowest BCUT2D eigenvalue weighted by atomic mass is 10.2. The van der Waals surface area contributed by atoms with Crippen LogP contribution >= 0.6 is 0 Å². The monoisotopic (exact) mass is 309 g/mol. The summed E-state index contributed by atoms with van der Waals surface area (Å²) >= 11 is 0. The molecule has 0 saturated heterocycles. The van der Waals surface area contributed by atoms with Gasteiger partial charge in [0.25, 0.3) is 5.91 Å². The van der Waals surface area contributed by atoms with Crippen LogP contribution in [0.4, 0.5) is 8.78 Å². The molecule has 0 bridgehead atoms. The summed E-state index contributed by atoms with van der Waals surface area (Å²) in [5.74, 6) is 0.870. The van der Waals surface area contributed by atoms with E-state index < -0.39 is 6.55 Å². The third kappa shape index (κ3) is 2.59. The molecule has 0 saturated carbocycles. The molecule has 2 aromatic rings. The molecule has 0 N–H and O–H groups in total. The maximum Gasteiger partial charge on any atom is 0.319 e. The highest BCUT2D eigenvalue weighted by atomic mass is 19.3. The molecule has 1 aliphatic heterocycles. The zero-order valence-corrected chi connectivity index (χ0v) is 11.7. The first-order valence-electron chi connectivity index (χ1n) is 6.51. The predicted molar refractivity (Wildman–Crippen MR) is 71.8 cm³/mol. The van der Waals surface area contributed by atoms with Crippen LogP contribution in [0.1, 0.15) is 22.7 Å². The summed E-state index contributed by atoms with van der Waals surface area (Å²) in [7, 11) is 1.53. The van der Waals surface area contributed by atoms with Gasteiger partial charge < -0.3 is 14.4 Å². The van der Waals surface area contributed by atoms with E-state index in [4.69, 9.17) is 9.47 Å². The number of imidazole rings is 1. The molecule has 6 nitrogen and oxygen atoms in total. The minimum absolute atomic E-state index is 0.0232. The van der Waals surface area contributed by atoms with Gasteiger partial charge in [-0.25, -0.2) is 4.98 Å². The van der Waals surface area contributed by atoms with Crippen LogP contribution < -0.4 is 9.47 Å². The molecule has 1 aromatic heterocycles. The van der Waals surface area contributed by atoms with Crippen molar-refractivity contribution in [3.8, 4) is 11.5 Å². The van der Waals surface area contributed by atoms with E-state index in [2.05, 4.69) is 4.98 Å². The number of carbonyl (C=O) groups excluding carboxylic acids is 1. The smallest absolute Gasteiger partial charge is 0.319 e. The maximum atomic E-state index is 12.8. The predicted octanol–water partition coefficient (Wildman–Crippen LogP) is 2.28. The molecule has 0 unspecified atom stereocenters. The fourth-order valence-electron chi connectivity index (χ4n) is 2.18. The van der Waals surface area contributed by atoms with Gasteiger partial charge in [0.2, 0.25) is 6.79 Å². The minimum atomic E-state index is -2.69. The van der Waals surface area contributed by atoms with Crippen LogP contribution in [0.3, 0.4) is 0 Å². The molecule has 2 heterocycles. The first-order chi connectivity index (χ1) is 10.6. The molecule has 0 radical (unpaired) electrons. The number of ether oxygens (including phenoxy) is 2. The number of rotatable bonds is 4. The van der Waals surface area contributed by atoms with Gasteiger partial charge in [-0.1, -0.05) is 0 Å². The van der Waals surface area contributed by atoms with E-state index in [0.717, 1.165) is 4.57 Å². The Morgan fingerprint density at radius 3 is 2.95 bits per heavy atom. The van der Waals surface area contributed by atoms with Crippen molar-refractivity contribution in [1.82, 2.24) is 14.5 Å². The number of nitrogens with zero attached hydrogens (tertiary/aromatic N) is 3. The van der Waals surface area contributed by atoms with Crippen molar-refractivity contribution in [2.45, 2.75) is 13.1 Å². The molecule has 0 fully saturated rings. The molecule has 0 spiro atoms. The molecule has 8 heteroatoms. The van der Waals surface area contributed by atoms with E-state index in [1.165, 1.54) is 24.3 Å². The largest absolute Gasteiger partial charge is 0.454 e. The van der Waals surface area contributed by atoms with E-state index in [-0.39, 0.29) is 25.1 Å². The summed E-state index contributed by atoms with van der Waals surface area (Å²) in [6.07, 6.45) is 2.46. The molecule has 22 heavy (non-hydrogen) atoms. The van der Waals surface area contributed by atoms with Crippen LogP contribution in [0.5, 0.6) is 11.5 Å². The minimum Gasteiger partial charge on any atom is -0.454 e. The van der Waals surface area contributed by atoms with Crippen molar-refractivity contribution >= 4 is 5.91 Å². The highest BCUT2D eigenvalue weighted by Gasteiger charge is 2.20. The third-order valence-corrected chi connectivity index (χ3v) is 3.30. The van der Waals surface area contributed by atoms with Gasteiger partial charge in [0.15, 0.2) is 11.5 Å². The van der Waals surface area contributed by atoms with Crippen LogP contribution in [0.15, 0.2) is 30.6 Å². The Morgan fingerprint density at radius 1 is 1.41 bits per heavy atom. The lowest BCUT2D eigenvalue weighted by molar-refractivity contribution is 0.0612. The highest BCUT2D eigenvalue weighted by molar-refractivity contribution is 5.94. The number of amides is 1. The molecule has 0 atom stereocenters.